The summed E-state index contributed by atoms with van der Waals surface area (Å²) in [7, 11) is 0. The van der Waals surface area contributed by atoms with Gasteiger partial charge in [0.05, 0.1) is 5.56 Å². The van der Waals surface area contributed by atoms with E-state index in [9.17, 15) is 30.6 Å². The summed E-state index contributed by atoms with van der Waals surface area (Å²) in [5.41, 5.74) is 1.55. The maximum Gasteiger partial charge on any atom is 0.169 e. The molecule has 0 spiro atoms. The van der Waals surface area contributed by atoms with Crippen molar-refractivity contribution in [3.05, 3.63) is 115 Å². The summed E-state index contributed by atoms with van der Waals surface area (Å²) in [6.45, 7) is 5.26. The number of hydrogen-bond acceptors (Lipinski definition) is 6. The second-order valence-corrected chi connectivity index (χ2v) is 11.8. The van der Waals surface area contributed by atoms with Gasteiger partial charge in [-0.15, -0.1) is 0 Å². The second-order valence-electron chi connectivity index (χ2n) is 11.8. The van der Waals surface area contributed by atoms with Gasteiger partial charge < -0.3 is 30.6 Å². The second kappa shape index (κ2) is 10.1. The molecule has 6 N–H and O–H groups in total. The van der Waals surface area contributed by atoms with Crippen molar-refractivity contribution in [2.45, 2.75) is 6.92 Å². The van der Waals surface area contributed by atoms with Gasteiger partial charge in [-0.1, -0.05) is 97.6 Å². The van der Waals surface area contributed by atoms with Crippen molar-refractivity contribution in [3.8, 4) is 56.8 Å². The molecule has 0 fully saturated rings. The van der Waals surface area contributed by atoms with Crippen molar-refractivity contribution in [3.63, 3.8) is 0 Å². The number of fused-ring (bicyclic) bond motifs is 6. The smallest absolute Gasteiger partial charge is 0.169 e. The van der Waals surface area contributed by atoms with Crippen molar-refractivity contribution >= 4 is 59.9 Å². The number of rotatable bonds is 3. The lowest BCUT2D eigenvalue weighted by atomic mass is 9.81. The third-order valence-corrected chi connectivity index (χ3v) is 9.40. The Morgan fingerprint density at radius 3 is 1.72 bits per heavy atom. The molecule has 0 bridgehead atoms. The SMILES string of the molecule is C=Cc1c(O)c(O)c2c(-c3cc4ccccc4c4ccccc34)c3c(O)c(O)c(C)c(O)c3c(-c3ccc4ccccc4c3)c2c1O. The molecule has 0 saturated carbocycles. The molecule has 0 amide bonds. The summed E-state index contributed by atoms with van der Waals surface area (Å²) in [5.74, 6) is -2.87. The Bertz CT molecular complexity index is 2670. The molecule has 0 aromatic heterocycles. The van der Waals surface area contributed by atoms with E-state index in [1.54, 1.807) is 0 Å². The lowest BCUT2D eigenvalue weighted by Gasteiger charge is -2.24. The maximum absolute atomic E-state index is 12.0. The van der Waals surface area contributed by atoms with Gasteiger partial charge in [-0.2, -0.15) is 0 Å². The fourth-order valence-electron chi connectivity index (χ4n) is 7.14. The molecule has 0 aliphatic carbocycles. The molecule has 0 aliphatic heterocycles. The van der Waals surface area contributed by atoms with Gasteiger partial charge in [0, 0.05) is 38.2 Å². The van der Waals surface area contributed by atoms with E-state index in [1.165, 1.54) is 13.0 Å². The van der Waals surface area contributed by atoms with Crippen LogP contribution < -0.4 is 0 Å². The van der Waals surface area contributed by atoms with E-state index in [-0.39, 0.29) is 49.7 Å². The third kappa shape index (κ3) is 3.79. The number of phenols is 6. The van der Waals surface area contributed by atoms with Crippen LogP contribution in [0.5, 0.6) is 34.5 Å². The highest BCUT2D eigenvalue weighted by Gasteiger charge is 2.31. The van der Waals surface area contributed by atoms with E-state index in [1.807, 2.05) is 97.1 Å². The van der Waals surface area contributed by atoms with Gasteiger partial charge in [0.2, 0.25) is 0 Å². The van der Waals surface area contributed by atoms with Crippen molar-refractivity contribution in [2.75, 3.05) is 0 Å². The monoisotopic (exact) mass is 616 g/mol. The molecule has 6 nitrogen and oxygen atoms in total. The predicted octanol–water partition coefficient (Wildman–Crippen LogP) is 9.97. The standard InChI is InChI=1S/C41H28O6/c1-3-25-38(44)33-30(24-17-16-21-10-4-5-11-22(21)18-24)32-34(40(46)37(43)20(2)36(32)42)31(35(33)41(47)39(25)45)29-19-23-12-6-7-13-26(23)27-14-8-9-15-28(27)29/h3-19,42-47H,1H2,2H3. The molecule has 8 aromatic carbocycles. The Hall–Kier alpha value is -6.40. The summed E-state index contributed by atoms with van der Waals surface area (Å²) in [5, 5.41) is 75.7. The van der Waals surface area contributed by atoms with E-state index < -0.39 is 23.0 Å². The zero-order chi connectivity index (χ0) is 32.7. The molecule has 228 valence electrons. The molecular formula is C41H28O6. The minimum absolute atomic E-state index is 0.0274. The first-order chi connectivity index (χ1) is 22.7. The molecule has 8 rings (SSSR count). The normalized spacial score (nSPS) is 11.7. The molecule has 47 heavy (non-hydrogen) atoms. The summed E-state index contributed by atoms with van der Waals surface area (Å²) in [4.78, 5) is 0. The van der Waals surface area contributed by atoms with Crippen LogP contribution in [-0.4, -0.2) is 30.6 Å². The largest absolute Gasteiger partial charge is 0.507 e. The fraction of sp³-hybridized carbons (Fsp3) is 0.0244. The highest BCUT2D eigenvalue weighted by Crippen LogP contribution is 2.60. The predicted molar refractivity (Wildman–Crippen MR) is 190 cm³/mol. The molecule has 0 heterocycles. The van der Waals surface area contributed by atoms with Crippen molar-refractivity contribution in [1.82, 2.24) is 0 Å². The Balaban J connectivity index is 1.73. The number of phenolic OH excluding ortho intramolecular Hbond substituents is 6. The minimum atomic E-state index is -0.597. The topological polar surface area (TPSA) is 121 Å². The minimum Gasteiger partial charge on any atom is -0.507 e. The van der Waals surface area contributed by atoms with Gasteiger partial charge in [-0.3, -0.25) is 0 Å². The van der Waals surface area contributed by atoms with Crippen LogP contribution in [0.3, 0.4) is 0 Å². The van der Waals surface area contributed by atoms with Crippen LogP contribution in [0.25, 0.3) is 82.2 Å². The van der Waals surface area contributed by atoms with E-state index >= 15 is 0 Å². The quantitative estimate of drug-likeness (QED) is 0.0509. The third-order valence-electron chi connectivity index (χ3n) is 9.40. The lowest BCUT2D eigenvalue weighted by Crippen LogP contribution is -1.97. The first kappa shape index (κ1) is 28.1. The van der Waals surface area contributed by atoms with E-state index in [4.69, 9.17) is 0 Å². The van der Waals surface area contributed by atoms with Crippen molar-refractivity contribution in [1.29, 1.82) is 0 Å². The van der Waals surface area contributed by atoms with Crippen LogP contribution >= 0.6 is 0 Å². The Morgan fingerprint density at radius 2 is 1.02 bits per heavy atom. The van der Waals surface area contributed by atoms with Gasteiger partial charge in [-0.25, -0.2) is 0 Å². The number of aromatic hydroxyl groups is 6. The van der Waals surface area contributed by atoms with Crippen LogP contribution in [-0.2, 0) is 0 Å². The number of benzene rings is 8. The average Bonchev–Trinajstić information content (AvgIpc) is 3.10. The summed E-state index contributed by atoms with van der Waals surface area (Å²) >= 11 is 0. The summed E-state index contributed by atoms with van der Waals surface area (Å²) in [6, 6.07) is 30.7. The molecule has 6 heteroatoms. The Morgan fingerprint density at radius 1 is 0.468 bits per heavy atom. The molecule has 0 atom stereocenters. The van der Waals surface area contributed by atoms with E-state index in [0.717, 1.165) is 32.3 Å². The van der Waals surface area contributed by atoms with Crippen LogP contribution in [0.1, 0.15) is 11.1 Å². The molecular weight excluding hydrogens is 588 g/mol. The Kier molecular flexibility index (Phi) is 6.01. The summed E-state index contributed by atoms with van der Waals surface area (Å²) in [6.07, 6.45) is 1.25. The van der Waals surface area contributed by atoms with Crippen LogP contribution in [0, 0.1) is 6.92 Å². The van der Waals surface area contributed by atoms with Gasteiger partial charge in [-0.05, 0) is 62.5 Å². The van der Waals surface area contributed by atoms with Crippen LogP contribution in [0.15, 0.2) is 104 Å². The lowest BCUT2D eigenvalue weighted by molar-refractivity contribution is 0.398. The van der Waals surface area contributed by atoms with Crippen molar-refractivity contribution < 1.29 is 30.6 Å². The average molecular weight is 617 g/mol. The molecule has 0 aliphatic rings. The summed E-state index contributed by atoms with van der Waals surface area (Å²) < 4.78 is 0. The fourth-order valence-corrected chi connectivity index (χ4v) is 7.14. The van der Waals surface area contributed by atoms with Gasteiger partial charge in [0.1, 0.15) is 11.5 Å². The molecule has 8 aromatic rings. The number of hydrogen-bond donors (Lipinski definition) is 6. The zero-order valence-electron chi connectivity index (χ0n) is 25.2. The van der Waals surface area contributed by atoms with Gasteiger partial charge in [0.25, 0.3) is 0 Å². The highest BCUT2D eigenvalue weighted by atomic mass is 16.3. The zero-order valence-corrected chi connectivity index (χ0v) is 25.2. The Labute approximate surface area is 268 Å². The maximum atomic E-state index is 12.0. The first-order valence-electron chi connectivity index (χ1n) is 15.1. The first-order valence-corrected chi connectivity index (χ1v) is 15.1. The molecule has 0 unspecified atom stereocenters. The van der Waals surface area contributed by atoms with Gasteiger partial charge in [0.15, 0.2) is 23.0 Å². The van der Waals surface area contributed by atoms with E-state index in [0.29, 0.717) is 16.7 Å². The molecule has 0 radical (unpaired) electrons. The van der Waals surface area contributed by atoms with Crippen LogP contribution in [0.2, 0.25) is 0 Å². The van der Waals surface area contributed by atoms with Crippen LogP contribution in [0.4, 0.5) is 0 Å². The highest BCUT2D eigenvalue weighted by molar-refractivity contribution is 6.31. The molecule has 0 saturated heterocycles. The van der Waals surface area contributed by atoms with E-state index in [2.05, 4.69) is 6.58 Å². The van der Waals surface area contributed by atoms with Crippen molar-refractivity contribution in [2.24, 2.45) is 0 Å². The van der Waals surface area contributed by atoms with Gasteiger partial charge >= 0.3 is 0 Å².